The summed E-state index contributed by atoms with van der Waals surface area (Å²) in [5, 5.41) is 0.296. The molecular formula is C15H13BrClNO3. The van der Waals surface area contributed by atoms with Gasteiger partial charge in [0.2, 0.25) is 5.78 Å². The fourth-order valence-corrected chi connectivity index (χ4v) is 2.83. The van der Waals surface area contributed by atoms with Gasteiger partial charge in [0.1, 0.15) is 11.5 Å². The third-order valence-corrected chi connectivity index (χ3v) is 3.92. The van der Waals surface area contributed by atoms with Gasteiger partial charge in [-0.15, -0.1) is 0 Å². The van der Waals surface area contributed by atoms with Gasteiger partial charge in [-0.25, -0.2) is 0 Å². The number of methoxy groups -OCH3 is 2. The van der Waals surface area contributed by atoms with Gasteiger partial charge in [-0.05, 0) is 34.1 Å². The van der Waals surface area contributed by atoms with Crippen molar-refractivity contribution in [3.8, 4) is 11.5 Å². The zero-order chi connectivity index (χ0) is 15.6. The van der Waals surface area contributed by atoms with Crippen LogP contribution in [0.1, 0.15) is 15.9 Å². The second-order valence-corrected chi connectivity index (χ2v) is 5.48. The Kier molecular flexibility index (Phi) is 4.75. The van der Waals surface area contributed by atoms with Gasteiger partial charge in [-0.1, -0.05) is 17.7 Å². The van der Waals surface area contributed by atoms with Crippen LogP contribution in [0, 0.1) is 0 Å². The van der Waals surface area contributed by atoms with Crippen molar-refractivity contribution in [1.29, 1.82) is 0 Å². The van der Waals surface area contributed by atoms with E-state index < -0.39 is 0 Å². The lowest BCUT2D eigenvalue weighted by Gasteiger charge is -2.13. The van der Waals surface area contributed by atoms with Gasteiger partial charge in [0.05, 0.1) is 30.4 Å². The van der Waals surface area contributed by atoms with Crippen LogP contribution in [0.5, 0.6) is 11.5 Å². The molecule has 2 N–H and O–H groups in total. The molecule has 4 nitrogen and oxygen atoms in total. The lowest BCUT2D eigenvalue weighted by Crippen LogP contribution is -2.09. The lowest BCUT2D eigenvalue weighted by atomic mass is 10.0. The number of halogens is 2. The van der Waals surface area contributed by atoms with Gasteiger partial charge in [0, 0.05) is 16.2 Å². The van der Waals surface area contributed by atoms with Gasteiger partial charge in [-0.3, -0.25) is 4.79 Å². The Balaban J connectivity index is 2.64. The van der Waals surface area contributed by atoms with Gasteiger partial charge in [-0.2, -0.15) is 0 Å². The van der Waals surface area contributed by atoms with Gasteiger partial charge in [0.25, 0.3) is 0 Å². The van der Waals surface area contributed by atoms with E-state index in [9.17, 15) is 4.79 Å². The standard InChI is InChI=1S/C15H13BrClNO3/c1-20-8-6-9(16)13(12(7-8)21-2)15(19)14-10(17)4-3-5-11(14)18/h3-7H,18H2,1-2H3. The zero-order valence-electron chi connectivity index (χ0n) is 11.4. The van der Waals surface area contributed by atoms with E-state index in [0.29, 0.717) is 32.2 Å². The van der Waals surface area contributed by atoms with Crippen molar-refractivity contribution < 1.29 is 14.3 Å². The van der Waals surface area contributed by atoms with Crippen LogP contribution < -0.4 is 15.2 Å². The number of anilines is 1. The molecule has 0 fully saturated rings. The van der Waals surface area contributed by atoms with Crippen LogP contribution in [-0.2, 0) is 0 Å². The zero-order valence-corrected chi connectivity index (χ0v) is 13.8. The topological polar surface area (TPSA) is 61.5 Å². The molecule has 0 aliphatic carbocycles. The molecule has 0 atom stereocenters. The normalized spacial score (nSPS) is 10.3. The van der Waals surface area contributed by atoms with Crippen LogP contribution in [0.3, 0.4) is 0 Å². The predicted molar refractivity (Wildman–Crippen MR) is 86.5 cm³/mol. The highest BCUT2D eigenvalue weighted by molar-refractivity contribution is 9.10. The molecule has 0 amide bonds. The molecule has 0 radical (unpaired) electrons. The molecule has 2 rings (SSSR count). The fourth-order valence-electron chi connectivity index (χ4n) is 1.96. The van der Waals surface area contributed by atoms with Crippen molar-refractivity contribution in [3.05, 3.63) is 51.0 Å². The Bertz CT molecular complexity index is 683. The molecule has 0 bridgehead atoms. The van der Waals surface area contributed by atoms with Crippen LogP contribution in [0.25, 0.3) is 0 Å². The number of carbonyl (C=O) groups is 1. The predicted octanol–water partition coefficient (Wildman–Crippen LogP) is 3.93. The average Bonchev–Trinajstić information content (AvgIpc) is 2.45. The fraction of sp³-hybridized carbons (Fsp3) is 0.133. The van der Waals surface area contributed by atoms with E-state index >= 15 is 0 Å². The van der Waals surface area contributed by atoms with Crippen LogP contribution in [-0.4, -0.2) is 20.0 Å². The Morgan fingerprint density at radius 3 is 2.48 bits per heavy atom. The Labute approximate surface area is 135 Å². The van der Waals surface area contributed by atoms with Gasteiger partial charge in [0.15, 0.2) is 0 Å². The van der Waals surface area contributed by atoms with E-state index in [1.54, 1.807) is 30.3 Å². The number of hydrogen-bond acceptors (Lipinski definition) is 4. The summed E-state index contributed by atoms with van der Waals surface area (Å²) in [6.07, 6.45) is 0. The van der Waals surface area contributed by atoms with Crippen LogP contribution in [0.15, 0.2) is 34.8 Å². The number of nitrogens with two attached hydrogens (primary N) is 1. The monoisotopic (exact) mass is 369 g/mol. The van der Waals surface area contributed by atoms with Crippen LogP contribution >= 0.6 is 27.5 Å². The van der Waals surface area contributed by atoms with E-state index in [4.69, 9.17) is 26.8 Å². The van der Waals surface area contributed by atoms with Crippen molar-refractivity contribution >= 4 is 39.0 Å². The molecule has 0 saturated carbocycles. The summed E-state index contributed by atoms with van der Waals surface area (Å²) in [6.45, 7) is 0. The Hall–Kier alpha value is -1.72. The van der Waals surface area contributed by atoms with Crippen molar-refractivity contribution in [2.24, 2.45) is 0 Å². The first-order chi connectivity index (χ1) is 9.99. The molecule has 0 unspecified atom stereocenters. The third kappa shape index (κ3) is 2.99. The quantitative estimate of drug-likeness (QED) is 0.654. The molecule has 0 aliphatic rings. The molecule has 2 aromatic rings. The van der Waals surface area contributed by atoms with Crippen molar-refractivity contribution in [1.82, 2.24) is 0 Å². The Morgan fingerprint density at radius 2 is 1.90 bits per heavy atom. The highest BCUT2D eigenvalue weighted by Gasteiger charge is 2.23. The maximum atomic E-state index is 12.8. The highest BCUT2D eigenvalue weighted by Crippen LogP contribution is 2.36. The first-order valence-corrected chi connectivity index (χ1v) is 7.17. The molecular weight excluding hydrogens is 358 g/mol. The largest absolute Gasteiger partial charge is 0.497 e. The maximum absolute atomic E-state index is 12.8. The summed E-state index contributed by atoms with van der Waals surface area (Å²) in [6, 6.07) is 8.25. The summed E-state index contributed by atoms with van der Waals surface area (Å²) in [5.74, 6) is 0.637. The summed E-state index contributed by atoms with van der Waals surface area (Å²) in [4.78, 5) is 12.8. The van der Waals surface area contributed by atoms with Crippen molar-refractivity contribution in [3.63, 3.8) is 0 Å². The van der Waals surface area contributed by atoms with E-state index in [-0.39, 0.29) is 11.3 Å². The number of rotatable bonds is 4. The summed E-state index contributed by atoms with van der Waals surface area (Å²) in [7, 11) is 3.02. The molecule has 110 valence electrons. The van der Waals surface area contributed by atoms with Gasteiger partial charge >= 0.3 is 0 Å². The highest BCUT2D eigenvalue weighted by atomic mass is 79.9. The smallest absolute Gasteiger partial charge is 0.201 e. The number of carbonyl (C=O) groups excluding carboxylic acids is 1. The number of benzene rings is 2. The molecule has 0 aliphatic heterocycles. The van der Waals surface area contributed by atoms with E-state index in [2.05, 4.69) is 15.9 Å². The molecule has 21 heavy (non-hydrogen) atoms. The lowest BCUT2D eigenvalue weighted by molar-refractivity contribution is 0.103. The Morgan fingerprint density at radius 1 is 1.19 bits per heavy atom. The molecule has 0 saturated heterocycles. The first-order valence-electron chi connectivity index (χ1n) is 5.99. The number of ether oxygens (including phenoxy) is 2. The molecule has 6 heteroatoms. The van der Waals surface area contributed by atoms with E-state index in [0.717, 1.165) is 0 Å². The van der Waals surface area contributed by atoms with Crippen molar-refractivity contribution in [2.45, 2.75) is 0 Å². The summed E-state index contributed by atoms with van der Waals surface area (Å²) < 4.78 is 11.0. The first kappa shape index (κ1) is 15.7. The number of nitrogen functional groups attached to an aromatic ring is 1. The molecule has 0 spiro atoms. The minimum atomic E-state index is -0.315. The second kappa shape index (κ2) is 6.37. The average molecular weight is 371 g/mol. The summed E-state index contributed by atoms with van der Waals surface area (Å²) in [5.41, 5.74) is 6.79. The minimum absolute atomic E-state index is 0.253. The van der Waals surface area contributed by atoms with E-state index in [1.807, 2.05) is 0 Å². The van der Waals surface area contributed by atoms with Crippen LogP contribution in [0.2, 0.25) is 5.02 Å². The second-order valence-electron chi connectivity index (χ2n) is 4.22. The third-order valence-electron chi connectivity index (χ3n) is 2.98. The number of ketones is 1. The molecule has 0 aromatic heterocycles. The van der Waals surface area contributed by atoms with Gasteiger partial charge < -0.3 is 15.2 Å². The van der Waals surface area contributed by atoms with Crippen LogP contribution in [0.4, 0.5) is 5.69 Å². The minimum Gasteiger partial charge on any atom is -0.497 e. The number of hydrogen-bond donors (Lipinski definition) is 1. The molecule has 0 heterocycles. The summed E-state index contributed by atoms with van der Waals surface area (Å²) >= 11 is 9.46. The van der Waals surface area contributed by atoms with E-state index in [1.165, 1.54) is 14.2 Å². The SMILES string of the molecule is COc1cc(Br)c(C(=O)c2c(N)cccc2Cl)c(OC)c1. The maximum Gasteiger partial charge on any atom is 0.201 e. The molecule has 2 aromatic carbocycles. The van der Waals surface area contributed by atoms with Crippen molar-refractivity contribution in [2.75, 3.05) is 20.0 Å².